The third-order valence-electron chi connectivity index (χ3n) is 2.93. The number of allylic oxidation sites excluding steroid dienone is 1. The topological polar surface area (TPSA) is 0 Å². The van der Waals surface area contributed by atoms with Crippen LogP contribution >= 0.6 is 23.5 Å². The molecule has 1 heterocycles. The highest BCUT2D eigenvalue weighted by Crippen LogP contribution is 2.46. The second-order valence-electron chi connectivity index (χ2n) is 4.51. The van der Waals surface area contributed by atoms with E-state index in [1.54, 1.807) is 0 Å². The summed E-state index contributed by atoms with van der Waals surface area (Å²) in [6.07, 6.45) is 14.3. The van der Waals surface area contributed by atoms with Crippen LogP contribution in [0.4, 0.5) is 0 Å². The molecule has 94 valence electrons. The van der Waals surface area contributed by atoms with Crippen LogP contribution in [0.3, 0.4) is 0 Å². The molecule has 1 saturated heterocycles. The molecule has 2 heteroatoms. The SMILES string of the molecule is CCCCC/C=C/C1(CCC)SCCCS1. The Kier molecular flexibility index (Phi) is 7.72. The van der Waals surface area contributed by atoms with Crippen LogP contribution < -0.4 is 0 Å². The van der Waals surface area contributed by atoms with Crippen molar-refractivity contribution < 1.29 is 0 Å². The van der Waals surface area contributed by atoms with Crippen LogP contribution in [-0.2, 0) is 0 Å². The average Bonchev–Trinajstić information content (AvgIpc) is 2.30. The van der Waals surface area contributed by atoms with Crippen LogP contribution in [0.15, 0.2) is 12.2 Å². The molecule has 0 unspecified atom stereocenters. The molecule has 0 amide bonds. The van der Waals surface area contributed by atoms with Gasteiger partial charge in [-0.05, 0) is 37.2 Å². The van der Waals surface area contributed by atoms with Gasteiger partial charge in [-0.15, -0.1) is 23.5 Å². The summed E-state index contributed by atoms with van der Waals surface area (Å²) < 4.78 is 0.430. The second kappa shape index (κ2) is 8.52. The number of hydrogen-bond donors (Lipinski definition) is 0. The van der Waals surface area contributed by atoms with Gasteiger partial charge in [0.25, 0.3) is 0 Å². The molecule has 0 aromatic heterocycles. The summed E-state index contributed by atoms with van der Waals surface area (Å²) in [5, 5.41) is 0. The van der Waals surface area contributed by atoms with Crippen molar-refractivity contribution in [1.29, 1.82) is 0 Å². The Bertz CT molecular complexity index is 187. The summed E-state index contributed by atoms with van der Waals surface area (Å²) in [5.41, 5.74) is 0. The van der Waals surface area contributed by atoms with Gasteiger partial charge in [-0.1, -0.05) is 45.3 Å². The van der Waals surface area contributed by atoms with E-state index in [2.05, 4.69) is 49.5 Å². The van der Waals surface area contributed by atoms with Crippen molar-refractivity contribution in [3.63, 3.8) is 0 Å². The van der Waals surface area contributed by atoms with Crippen LogP contribution in [0.2, 0.25) is 0 Å². The highest BCUT2D eigenvalue weighted by molar-refractivity contribution is 8.19. The number of rotatable bonds is 7. The Balaban J connectivity index is 2.36. The second-order valence-corrected chi connectivity index (χ2v) is 7.62. The van der Waals surface area contributed by atoms with E-state index >= 15 is 0 Å². The average molecular weight is 258 g/mol. The molecule has 0 aromatic carbocycles. The Labute approximate surface area is 110 Å². The first-order chi connectivity index (χ1) is 7.83. The van der Waals surface area contributed by atoms with Gasteiger partial charge in [0.15, 0.2) is 0 Å². The lowest BCUT2D eigenvalue weighted by atomic mass is 10.1. The van der Waals surface area contributed by atoms with Crippen molar-refractivity contribution in [2.45, 2.75) is 62.9 Å². The zero-order valence-electron chi connectivity index (χ0n) is 10.8. The molecule has 0 spiro atoms. The summed E-state index contributed by atoms with van der Waals surface area (Å²) in [6, 6.07) is 0. The van der Waals surface area contributed by atoms with Gasteiger partial charge in [0.1, 0.15) is 0 Å². The lowest BCUT2D eigenvalue weighted by molar-refractivity contribution is 0.724. The first kappa shape index (κ1) is 14.5. The minimum Gasteiger partial charge on any atom is -0.140 e. The van der Waals surface area contributed by atoms with Gasteiger partial charge in [0.2, 0.25) is 0 Å². The summed E-state index contributed by atoms with van der Waals surface area (Å²) in [6.45, 7) is 4.58. The molecule has 0 N–H and O–H groups in total. The molecule has 0 atom stereocenters. The molecule has 16 heavy (non-hydrogen) atoms. The summed E-state index contributed by atoms with van der Waals surface area (Å²) in [4.78, 5) is 0. The van der Waals surface area contributed by atoms with Crippen LogP contribution in [0.1, 0.15) is 58.8 Å². The first-order valence-electron chi connectivity index (χ1n) is 6.78. The fourth-order valence-electron chi connectivity index (χ4n) is 2.04. The molecule has 1 fully saturated rings. The minimum absolute atomic E-state index is 0.430. The van der Waals surface area contributed by atoms with Gasteiger partial charge < -0.3 is 0 Å². The number of hydrogen-bond acceptors (Lipinski definition) is 2. The lowest BCUT2D eigenvalue weighted by Gasteiger charge is -2.33. The fourth-order valence-corrected chi connectivity index (χ4v) is 5.40. The van der Waals surface area contributed by atoms with E-state index in [-0.39, 0.29) is 0 Å². The molecule has 0 bridgehead atoms. The summed E-state index contributed by atoms with van der Waals surface area (Å²) >= 11 is 4.35. The number of unbranched alkanes of at least 4 members (excludes halogenated alkanes) is 3. The van der Waals surface area contributed by atoms with E-state index in [1.807, 2.05) is 0 Å². The molecule has 1 aliphatic heterocycles. The zero-order valence-corrected chi connectivity index (χ0v) is 12.5. The molecule has 0 aromatic rings. The van der Waals surface area contributed by atoms with Crippen molar-refractivity contribution >= 4 is 23.5 Å². The van der Waals surface area contributed by atoms with Gasteiger partial charge in [-0.2, -0.15) is 0 Å². The summed E-state index contributed by atoms with van der Waals surface area (Å²) in [7, 11) is 0. The van der Waals surface area contributed by atoms with Crippen LogP contribution in [0.5, 0.6) is 0 Å². The van der Waals surface area contributed by atoms with Gasteiger partial charge in [0, 0.05) is 0 Å². The van der Waals surface area contributed by atoms with Crippen LogP contribution in [0, 0.1) is 0 Å². The predicted molar refractivity (Wildman–Crippen MR) is 80.5 cm³/mol. The molecule has 0 aliphatic carbocycles. The molecule has 0 radical (unpaired) electrons. The summed E-state index contributed by atoms with van der Waals surface area (Å²) in [5.74, 6) is 2.71. The van der Waals surface area contributed by atoms with E-state index in [1.165, 1.54) is 56.5 Å². The largest absolute Gasteiger partial charge is 0.140 e. The molecule has 1 aliphatic rings. The normalized spacial score (nSPS) is 20.4. The van der Waals surface area contributed by atoms with E-state index in [4.69, 9.17) is 0 Å². The van der Waals surface area contributed by atoms with Crippen molar-refractivity contribution in [3.05, 3.63) is 12.2 Å². The third-order valence-corrected chi connectivity index (χ3v) is 6.28. The molecule has 0 nitrogen and oxygen atoms in total. The Morgan fingerprint density at radius 1 is 1.06 bits per heavy atom. The van der Waals surface area contributed by atoms with Gasteiger partial charge in [0.05, 0.1) is 4.08 Å². The lowest BCUT2D eigenvalue weighted by Crippen LogP contribution is -2.22. The third kappa shape index (κ3) is 5.18. The van der Waals surface area contributed by atoms with E-state index in [0.29, 0.717) is 4.08 Å². The molecule has 0 saturated carbocycles. The molecular formula is C14H26S2. The maximum absolute atomic E-state index is 2.51. The van der Waals surface area contributed by atoms with Crippen LogP contribution in [-0.4, -0.2) is 15.6 Å². The van der Waals surface area contributed by atoms with Gasteiger partial charge in [-0.3, -0.25) is 0 Å². The predicted octanol–water partition coefficient (Wildman–Crippen LogP) is 5.49. The highest BCUT2D eigenvalue weighted by Gasteiger charge is 2.29. The fraction of sp³-hybridized carbons (Fsp3) is 0.857. The van der Waals surface area contributed by atoms with Crippen molar-refractivity contribution in [2.24, 2.45) is 0 Å². The van der Waals surface area contributed by atoms with Gasteiger partial charge in [-0.25, -0.2) is 0 Å². The maximum atomic E-state index is 2.51. The smallest absolute Gasteiger partial charge is 0.0791 e. The van der Waals surface area contributed by atoms with Crippen molar-refractivity contribution in [3.8, 4) is 0 Å². The maximum Gasteiger partial charge on any atom is 0.0791 e. The van der Waals surface area contributed by atoms with E-state index in [9.17, 15) is 0 Å². The van der Waals surface area contributed by atoms with Crippen molar-refractivity contribution in [1.82, 2.24) is 0 Å². The highest BCUT2D eigenvalue weighted by atomic mass is 32.2. The van der Waals surface area contributed by atoms with E-state index in [0.717, 1.165) is 0 Å². The minimum atomic E-state index is 0.430. The Morgan fingerprint density at radius 3 is 2.44 bits per heavy atom. The monoisotopic (exact) mass is 258 g/mol. The number of thioether (sulfide) groups is 2. The quantitative estimate of drug-likeness (QED) is 0.437. The zero-order chi connectivity index (χ0) is 11.7. The molecular weight excluding hydrogens is 232 g/mol. The first-order valence-corrected chi connectivity index (χ1v) is 8.75. The van der Waals surface area contributed by atoms with Gasteiger partial charge >= 0.3 is 0 Å². The Morgan fingerprint density at radius 2 is 1.81 bits per heavy atom. The molecule has 1 rings (SSSR count). The van der Waals surface area contributed by atoms with E-state index < -0.39 is 0 Å². The standard InChI is InChI=1S/C14H26S2/c1-3-5-6-7-8-11-14(10-4-2)15-12-9-13-16-14/h8,11H,3-7,9-10,12-13H2,1-2H3/b11-8+. The van der Waals surface area contributed by atoms with Crippen molar-refractivity contribution in [2.75, 3.05) is 11.5 Å². The van der Waals surface area contributed by atoms with Crippen LogP contribution in [0.25, 0.3) is 0 Å². The Hall–Kier alpha value is 0.440.